The Morgan fingerprint density at radius 1 is 1.17 bits per heavy atom. The first kappa shape index (κ1) is 18.0. The van der Waals surface area contributed by atoms with Crippen LogP contribution in [0.25, 0.3) is 0 Å². The topological polar surface area (TPSA) is 63.2 Å². The van der Waals surface area contributed by atoms with Crippen LogP contribution in [0.15, 0.2) is 42.5 Å². The molecule has 0 bridgehead atoms. The number of amides is 1. The summed E-state index contributed by atoms with van der Waals surface area (Å²) in [6.07, 6.45) is 0. The van der Waals surface area contributed by atoms with E-state index in [1.807, 2.05) is 37.3 Å². The van der Waals surface area contributed by atoms with Gasteiger partial charge < -0.3 is 5.32 Å². The van der Waals surface area contributed by atoms with Gasteiger partial charge in [0.1, 0.15) is 5.25 Å². The summed E-state index contributed by atoms with van der Waals surface area (Å²) in [4.78, 5) is 12.9. The largest absolute Gasteiger partial charge is 0.348 e. The molecule has 2 atom stereocenters. The van der Waals surface area contributed by atoms with E-state index in [2.05, 4.69) is 5.32 Å². The van der Waals surface area contributed by atoms with Crippen LogP contribution < -0.4 is 5.32 Å². The fourth-order valence-electron chi connectivity index (χ4n) is 2.07. The number of thiophene rings is 1. The van der Waals surface area contributed by atoms with Gasteiger partial charge in [-0.15, -0.1) is 11.3 Å². The molecule has 1 aromatic carbocycles. The van der Waals surface area contributed by atoms with E-state index in [1.54, 1.807) is 12.1 Å². The Morgan fingerprint density at radius 2 is 1.83 bits per heavy atom. The molecular formula is C16H18ClNO3S2. The number of sulfone groups is 1. The third-order valence-electron chi connectivity index (χ3n) is 3.54. The van der Waals surface area contributed by atoms with Crippen LogP contribution in [0.3, 0.4) is 0 Å². The summed E-state index contributed by atoms with van der Waals surface area (Å²) in [7, 11) is -3.59. The lowest BCUT2D eigenvalue weighted by molar-refractivity contribution is -0.121. The molecule has 1 heterocycles. The molecule has 0 saturated heterocycles. The molecule has 2 unspecified atom stereocenters. The minimum atomic E-state index is -3.59. The molecule has 0 aliphatic rings. The minimum Gasteiger partial charge on any atom is -0.348 e. The highest BCUT2D eigenvalue weighted by atomic mass is 35.5. The Hall–Kier alpha value is -1.37. The lowest BCUT2D eigenvalue weighted by Crippen LogP contribution is -2.39. The molecule has 0 fully saturated rings. The van der Waals surface area contributed by atoms with Crippen molar-refractivity contribution in [2.75, 3.05) is 0 Å². The van der Waals surface area contributed by atoms with Crippen LogP contribution in [0.1, 0.15) is 30.3 Å². The summed E-state index contributed by atoms with van der Waals surface area (Å²) >= 11 is 7.02. The smallest absolute Gasteiger partial charge is 0.238 e. The summed E-state index contributed by atoms with van der Waals surface area (Å²) in [5.41, 5.74) is 0.926. The van der Waals surface area contributed by atoms with Crippen molar-refractivity contribution in [3.63, 3.8) is 0 Å². The number of hydrogen-bond acceptors (Lipinski definition) is 4. The van der Waals surface area contributed by atoms with E-state index < -0.39 is 21.0 Å². The summed E-state index contributed by atoms with van der Waals surface area (Å²) < 4.78 is 25.3. The van der Waals surface area contributed by atoms with E-state index in [9.17, 15) is 13.2 Å². The molecule has 0 radical (unpaired) electrons. The molecule has 0 aliphatic carbocycles. The predicted molar refractivity (Wildman–Crippen MR) is 94.4 cm³/mol. The molecule has 1 amide bonds. The molecule has 2 rings (SSSR count). The Bertz CT molecular complexity index is 772. The Labute approximate surface area is 145 Å². The third kappa shape index (κ3) is 4.80. The number of carbonyl (C=O) groups is 1. The van der Waals surface area contributed by atoms with Gasteiger partial charge in [-0.1, -0.05) is 41.9 Å². The molecular weight excluding hydrogens is 354 g/mol. The van der Waals surface area contributed by atoms with Crippen molar-refractivity contribution in [2.45, 2.75) is 30.9 Å². The number of hydrogen-bond donors (Lipinski definition) is 1. The average Bonchev–Trinajstić information content (AvgIpc) is 2.91. The summed E-state index contributed by atoms with van der Waals surface area (Å²) in [5.74, 6) is -0.678. The normalized spacial score (nSPS) is 14.2. The molecule has 124 valence electrons. The average molecular weight is 372 g/mol. The Kier molecular flexibility index (Phi) is 5.84. The second-order valence-corrected chi connectivity index (χ2v) is 9.42. The van der Waals surface area contributed by atoms with Gasteiger partial charge in [0.2, 0.25) is 5.91 Å². The van der Waals surface area contributed by atoms with Crippen LogP contribution in [0.5, 0.6) is 0 Å². The fraction of sp³-hybridized carbons (Fsp3) is 0.312. The summed E-state index contributed by atoms with van der Waals surface area (Å²) in [5, 5.41) is 1.64. The van der Waals surface area contributed by atoms with E-state index in [4.69, 9.17) is 11.6 Å². The molecule has 1 N–H and O–H groups in total. The first-order chi connectivity index (χ1) is 10.8. The van der Waals surface area contributed by atoms with E-state index in [1.165, 1.54) is 18.3 Å². The van der Waals surface area contributed by atoms with Crippen molar-refractivity contribution in [3.05, 3.63) is 57.2 Å². The predicted octanol–water partition coefficient (Wildman–Crippen LogP) is 3.58. The number of benzene rings is 1. The fourth-order valence-corrected chi connectivity index (χ4v) is 4.82. The van der Waals surface area contributed by atoms with Gasteiger partial charge in [0.15, 0.2) is 9.84 Å². The van der Waals surface area contributed by atoms with Gasteiger partial charge >= 0.3 is 0 Å². The highest BCUT2D eigenvalue weighted by Gasteiger charge is 2.29. The van der Waals surface area contributed by atoms with Gasteiger partial charge in [0.25, 0.3) is 0 Å². The summed E-state index contributed by atoms with van der Waals surface area (Å²) in [6, 6.07) is 12.5. The lowest BCUT2D eigenvalue weighted by atomic mass is 10.1. The van der Waals surface area contributed by atoms with Gasteiger partial charge in [0, 0.05) is 4.88 Å². The van der Waals surface area contributed by atoms with Gasteiger partial charge in [-0.2, -0.15) is 0 Å². The molecule has 1 aromatic heterocycles. The van der Waals surface area contributed by atoms with Crippen LogP contribution in [0, 0.1) is 0 Å². The minimum absolute atomic E-state index is 0.182. The number of nitrogens with one attached hydrogen (secondary N) is 1. The monoisotopic (exact) mass is 371 g/mol. The molecule has 4 nitrogen and oxygen atoms in total. The van der Waals surface area contributed by atoms with Gasteiger partial charge in [-0.25, -0.2) is 8.42 Å². The van der Waals surface area contributed by atoms with Crippen molar-refractivity contribution in [1.29, 1.82) is 0 Å². The Balaban J connectivity index is 2.03. The maximum absolute atomic E-state index is 12.4. The zero-order valence-electron chi connectivity index (χ0n) is 12.8. The van der Waals surface area contributed by atoms with Gasteiger partial charge in [-0.3, -0.25) is 4.79 Å². The lowest BCUT2D eigenvalue weighted by Gasteiger charge is -2.18. The van der Waals surface area contributed by atoms with E-state index >= 15 is 0 Å². The van der Waals surface area contributed by atoms with Gasteiger partial charge in [-0.05, 0) is 31.5 Å². The number of carbonyl (C=O) groups excluding carboxylic acids is 1. The van der Waals surface area contributed by atoms with E-state index in [-0.39, 0.29) is 11.8 Å². The highest BCUT2D eigenvalue weighted by Crippen LogP contribution is 2.24. The molecule has 2 aromatic rings. The molecule has 7 heteroatoms. The van der Waals surface area contributed by atoms with Crippen molar-refractivity contribution in [3.8, 4) is 0 Å². The highest BCUT2D eigenvalue weighted by molar-refractivity contribution is 7.92. The molecule has 0 aliphatic heterocycles. The quantitative estimate of drug-likeness (QED) is 0.844. The zero-order chi connectivity index (χ0) is 17.0. The van der Waals surface area contributed by atoms with Crippen molar-refractivity contribution in [2.24, 2.45) is 0 Å². The van der Waals surface area contributed by atoms with Crippen LogP contribution in [0.2, 0.25) is 4.34 Å². The third-order valence-corrected chi connectivity index (χ3v) is 6.96. The maximum atomic E-state index is 12.4. The standard InChI is InChI=1S/C16H18ClNO3S2/c1-11(13-6-4-3-5-7-13)18-16(19)12(2)23(20,21)10-14-8-9-15(17)22-14/h3-9,11-12H,10H2,1-2H3,(H,18,19). The SMILES string of the molecule is CC(NC(=O)C(C)S(=O)(=O)Cc1ccc(Cl)s1)c1ccccc1. The number of halogens is 1. The van der Waals surface area contributed by atoms with E-state index in [0.717, 1.165) is 5.56 Å². The first-order valence-corrected chi connectivity index (χ1v) is 10.0. The van der Waals surface area contributed by atoms with Crippen LogP contribution in [-0.4, -0.2) is 19.6 Å². The maximum Gasteiger partial charge on any atom is 0.238 e. The van der Waals surface area contributed by atoms with Crippen molar-refractivity contribution < 1.29 is 13.2 Å². The molecule has 0 spiro atoms. The number of rotatable bonds is 6. The molecule has 0 saturated carbocycles. The zero-order valence-corrected chi connectivity index (χ0v) is 15.2. The second kappa shape index (κ2) is 7.47. The molecule has 23 heavy (non-hydrogen) atoms. The van der Waals surface area contributed by atoms with E-state index in [0.29, 0.717) is 9.21 Å². The second-order valence-electron chi connectivity index (χ2n) is 5.30. The van der Waals surface area contributed by atoms with Crippen LogP contribution in [0.4, 0.5) is 0 Å². The first-order valence-electron chi connectivity index (χ1n) is 7.10. The summed E-state index contributed by atoms with van der Waals surface area (Å²) in [6.45, 7) is 3.24. The van der Waals surface area contributed by atoms with Crippen molar-refractivity contribution >= 4 is 38.7 Å². The van der Waals surface area contributed by atoms with Crippen molar-refractivity contribution in [1.82, 2.24) is 5.32 Å². The van der Waals surface area contributed by atoms with Crippen LogP contribution in [-0.2, 0) is 20.4 Å². The van der Waals surface area contributed by atoms with Gasteiger partial charge in [0.05, 0.1) is 16.1 Å². The Morgan fingerprint density at radius 3 is 2.39 bits per heavy atom. The van der Waals surface area contributed by atoms with Crippen LogP contribution >= 0.6 is 22.9 Å².